The van der Waals surface area contributed by atoms with Gasteiger partial charge in [0, 0.05) is 70.1 Å². The van der Waals surface area contributed by atoms with Crippen LogP contribution >= 0.6 is 11.3 Å². The lowest BCUT2D eigenvalue weighted by molar-refractivity contribution is -0.0909. The van der Waals surface area contributed by atoms with E-state index in [1.165, 1.54) is 66.2 Å². The Bertz CT molecular complexity index is 4620. The molecule has 0 unspecified atom stereocenters. The molecule has 5 aromatic rings. The number of hydrogen-bond acceptors (Lipinski definition) is 17. The van der Waals surface area contributed by atoms with Crippen LogP contribution in [-0.4, -0.2) is 161 Å². The number of aliphatic hydroxyl groups is 2. The van der Waals surface area contributed by atoms with Gasteiger partial charge in [0.1, 0.15) is 17.9 Å². The van der Waals surface area contributed by atoms with Crippen LogP contribution < -0.4 is 15.4 Å². The van der Waals surface area contributed by atoms with Crippen molar-refractivity contribution in [1.29, 1.82) is 0 Å². The van der Waals surface area contributed by atoms with Gasteiger partial charge in [0.2, 0.25) is 20.0 Å². The van der Waals surface area contributed by atoms with Gasteiger partial charge in [-0.15, -0.1) is 11.3 Å². The summed E-state index contributed by atoms with van der Waals surface area (Å²) < 4.78 is 371. The summed E-state index contributed by atoms with van der Waals surface area (Å²) in [6, 6.07) is 17.7. The summed E-state index contributed by atoms with van der Waals surface area (Å²) in [6.45, 7) is -41.4. The number of aliphatic hydroxyl groups excluding tert-OH is 2. The first-order valence-corrected chi connectivity index (χ1v) is 27.5. The maximum absolute atomic E-state index is 14.4. The van der Waals surface area contributed by atoms with Crippen LogP contribution in [0.2, 0.25) is 0 Å². The van der Waals surface area contributed by atoms with E-state index in [2.05, 4.69) is 15.0 Å². The minimum absolute atomic E-state index is 0.0336. The van der Waals surface area contributed by atoms with E-state index in [9.17, 15) is 36.6 Å². The maximum atomic E-state index is 14.4. The number of carbonyl (C=O) groups excluding carboxylic acids is 2. The number of sulfonamides is 2. The molecule has 5 aliphatic heterocycles. The van der Waals surface area contributed by atoms with Crippen LogP contribution in [0.25, 0.3) is 10.2 Å². The number of amides is 2. The first-order chi connectivity index (χ1) is 51.4. The molecule has 4 fully saturated rings. The monoisotopic (exact) mass is 1200 g/mol. The molecule has 0 bridgehead atoms. The van der Waals surface area contributed by atoms with Crippen LogP contribution in [-0.2, 0) is 67.7 Å². The van der Waals surface area contributed by atoms with Crippen molar-refractivity contribution in [3.63, 3.8) is 0 Å². The van der Waals surface area contributed by atoms with E-state index in [-0.39, 0.29) is 31.2 Å². The molecule has 4 aromatic carbocycles. The normalized spacial score (nSPS) is 38.0. The van der Waals surface area contributed by atoms with Crippen molar-refractivity contribution >= 4 is 53.8 Å². The second-order valence-electron chi connectivity index (χ2n) is 17.5. The Kier molecular flexibility index (Phi) is 9.95. The van der Waals surface area contributed by atoms with Crippen LogP contribution in [0.5, 0.6) is 5.75 Å². The molecule has 0 saturated carbocycles. The Morgan fingerprint density at radius 3 is 1.98 bits per heavy atom. The molecule has 5 aliphatic rings. The number of carbonyl (C=O) groups is 2. The highest BCUT2D eigenvalue weighted by molar-refractivity contribution is 7.89. The fourth-order valence-electron chi connectivity index (χ4n) is 8.16. The summed E-state index contributed by atoms with van der Waals surface area (Å²) >= 11 is 0.977. The summed E-state index contributed by atoms with van der Waals surface area (Å²) in [5.41, 5.74) is 2.79. The zero-order valence-corrected chi connectivity index (χ0v) is 43.7. The van der Waals surface area contributed by atoms with Gasteiger partial charge >= 0.3 is 12.2 Å². The molecule has 80 heavy (non-hydrogen) atoms. The third-order valence-electron chi connectivity index (χ3n) is 12.1. The van der Waals surface area contributed by atoms with Crippen LogP contribution in [0, 0.1) is 23.6 Å². The number of nitrogens with one attached hydrogen (secondary N) is 2. The molecule has 20 nitrogen and oxygen atoms in total. The minimum atomic E-state index is -5.49. The molecule has 1 aromatic heterocycles. The first kappa shape index (κ1) is 29.8. The molecule has 0 spiro atoms. The molecule has 4 saturated heterocycles. The van der Waals surface area contributed by atoms with E-state index in [1.54, 1.807) is 12.1 Å². The molecule has 4 N–H and O–H groups in total. The third-order valence-corrected chi connectivity index (χ3v) is 16.2. The van der Waals surface area contributed by atoms with Crippen molar-refractivity contribution in [1.82, 2.24) is 24.2 Å². The molecule has 10 rings (SSSR count). The zero-order valence-electron chi connectivity index (χ0n) is 75.3. The number of aromatic nitrogens is 1. The first-order valence-electron chi connectivity index (χ1n) is 40.8. The lowest BCUT2D eigenvalue weighted by Gasteiger charge is -2.31. The fraction of sp³-hybridized carbons (Fsp3) is 0.526. The Balaban J connectivity index is 0.000000261. The average Bonchev–Trinajstić information content (AvgIpc) is 1.43. The van der Waals surface area contributed by atoms with Crippen molar-refractivity contribution < 1.29 is 116 Å². The predicted molar refractivity (Wildman–Crippen MR) is 297 cm³/mol. The molecule has 10 atom stereocenters. The summed E-state index contributed by atoms with van der Waals surface area (Å²) in [7, 11) is -10.9. The highest BCUT2D eigenvalue weighted by Crippen LogP contribution is 2.35. The van der Waals surface area contributed by atoms with Gasteiger partial charge < -0.3 is 54.0 Å². The number of alkyl carbamates (subject to hydrolysis) is 2. The number of hydrogen-bond donors (Lipinski definition) is 4. The van der Waals surface area contributed by atoms with E-state index in [0.717, 1.165) is 35.6 Å². The van der Waals surface area contributed by atoms with Crippen LogP contribution in [0.15, 0.2) is 112 Å². The standard InChI is InChI=1S/C29H38N2O8S.C28H35N3O7S2/c1-19(2)16-31(40(34,35)22-9-8-21-10-12-36-26(21)15-22)17-25(32)24(14-20-6-4-3-5-7-20)30-29(33)39-27-18-38-28-23(27)11-13-37-28;1-18(2)14-31(40(34,35)20-8-9-22-26(13-20)39-17-29-22)15-24(32)23(12-19-6-4-3-5-7-19)30-28(33)38-25-16-37-27-21(25)10-11-36-27/h3-9,15,19,23-25,27-28,32H,10-14,16-18H2,1-2H3,(H,30,33);3-9,13,17-18,21,23-25,27,32H,10-12,14-16H2,1-2H3,(H,30,33)/t23-,24-,25+,27-,28+;21-,23-,24+,25-,27+/m00/s1/i1D3,2D3,11D2,13D2,16D2,18D2,19D,23D,27D,28D;1D3,2D3,10D2,11D2,14D2,16D2,18D,25D. The van der Waals surface area contributed by atoms with Gasteiger partial charge in [-0.25, -0.2) is 31.4 Å². The SMILES string of the molecule is [2H]C([2H])([2H])C([2H])(C([2H])([2H])[2H])C([2H])([2H])N(C[C@@H](O)[C@H](Cc1ccccc1)NC(=O)O[C@@]1([2H])C([2H])([2H])O[C@@]2([2H])OC([2H])([2H])C([2H])([2H])[C@]21[2H])S(=O)(=O)c1ccc2c(c1)OCC2.[2H]C([2H])([2H])C([2H])(C([2H])([2H])[2H])C([2H])([2H])N(C[C@@H](O)[C@H](Cc1ccccc1)NC(=O)O[C@]1([2H])[C@H]2[C@H](OC([2H])([2H])C2([2H])[2H])OC1([2H])[2H])S(=O)(=O)c1ccc2ncsc2c1. The molecule has 6 heterocycles. The van der Waals surface area contributed by atoms with Gasteiger partial charge in [0.05, 0.1) is 110 Å². The van der Waals surface area contributed by atoms with Gasteiger partial charge in [-0.05, 0) is 78.3 Å². The van der Waals surface area contributed by atoms with Gasteiger partial charge in [-0.3, -0.25) is 0 Å². The highest BCUT2D eigenvalue weighted by Gasteiger charge is 2.46. The molecule has 0 aliphatic carbocycles. The Labute approximate surface area is 519 Å². The van der Waals surface area contributed by atoms with E-state index in [1.807, 2.05) is 5.32 Å². The van der Waals surface area contributed by atoms with Gasteiger partial charge in [-0.1, -0.05) is 94.1 Å². The predicted octanol–water partition coefficient (Wildman–Crippen LogP) is 6.13. The second kappa shape index (κ2) is 26.7. The number of fused-ring (bicyclic) bond motifs is 4. The Hall–Kier alpha value is -5.31. The van der Waals surface area contributed by atoms with E-state index in [0.29, 0.717) is 23.1 Å². The van der Waals surface area contributed by atoms with Gasteiger partial charge in [0.15, 0.2) is 12.6 Å². The maximum Gasteiger partial charge on any atom is 0.407 e. The lowest BCUT2D eigenvalue weighted by atomic mass is 10.0. The van der Waals surface area contributed by atoms with Crippen LogP contribution in [0.4, 0.5) is 9.59 Å². The second-order valence-corrected chi connectivity index (χ2v) is 22.1. The summed E-state index contributed by atoms with van der Waals surface area (Å²) in [6.07, 6.45) is -29.2. The number of rotatable bonds is 22. The number of thiazole rings is 1. The highest BCUT2D eigenvalue weighted by atomic mass is 32.2. The molecule has 23 heteroatoms. The molecule has 434 valence electrons. The van der Waals surface area contributed by atoms with Crippen LogP contribution in [0.1, 0.15) is 103 Å². The summed E-state index contributed by atoms with van der Waals surface area (Å²) in [5, 5.41) is 27.6. The number of benzene rings is 4. The largest absolute Gasteiger partial charge is 0.493 e. The van der Waals surface area contributed by atoms with Crippen molar-refractivity contribution in [2.75, 3.05) is 58.9 Å². The smallest absolute Gasteiger partial charge is 0.407 e. The summed E-state index contributed by atoms with van der Waals surface area (Å²) in [5.74, 6) is -14.5. The van der Waals surface area contributed by atoms with Gasteiger partial charge in [0.25, 0.3) is 0 Å². The lowest BCUT2D eigenvalue weighted by Crippen LogP contribution is -2.51. The molecular formula is C57H73N5O15S3. The fourth-order valence-corrected chi connectivity index (χ4v) is 11.6. The van der Waals surface area contributed by atoms with Crippen molar-refractivity contribution in [2.45, 2.75) is 118 Å². The minimum Gasteiger partial charge on any atom is -0.493 e. The Morgan fingerprint density at radius 1 is 0.775 bits per heavy atom. The van der Waals surface area contributed by atoms with E-state index < -0.39 is 220 Å². The molecule has 0 radical (unpaired) electrons. The van der Waals surface area contributed by atoms with E-state index in [4.69, 9.17) is 75.0 Å². The average molecular weight is 1200 g/mol. The third kappa shape index (κ3) is 14.8. The molecule has 2 amide bonds. The zero-order chi connectivity index (χ0) is 86.4. The van der Waals surface area contributed by atoms with Crippen molar-refractivity contribution in [3.05, 3.63) is 119 Å². The topological polar surface area (TPSA) is 251 Å². The van der Waals surface area contributed by atoms with E-state index >= 15 is 0 Å². The molecular weight excluding hydrogens is 1090 g/mol. The van der Waals surface area contributed by atoms with Crippen molar-refractivity contribution in [2.24, 2.45) is 23.6 Å². The number of ether oxygens (including phenoxy) is 7. The summed E-state index contributed by atoms with van der Waals surface area (Å²) in [4.78, 5) is 29.7. The van der Waals surface area contributed by atoms with Gasteiger partial charge in [-0.2, -0.15) is 8.61 Å². The van der Waals surface area contributed by atoms with Crippen molar-refractivity contribution in [3.8, 4) is 5.75 Å². The van der Waals surface area contributed by atoms with Crippen LogP contribution in [0.3, 0.4) is 0 Å². The number of nitrogens with zero attached hydrogens (tertiary/aromatic N) is 3. The quantitative estimate of drug-likeness (QED) is 0.0608. The Morgan fingerprint density at radius 2 is 1.35 bits per heavy atom.